The van der Waals surface area contributed by atoms with E-state index in [0.29, 0.717) is 0 Å². The predicted octanol–water partition coefficient (Wildman–Crippen LogP) is 0.428. The quantitative estimate of drug-likeness (QED) is 0.252. The number of oxime groups is 1. The molecule has 0 heterocycles. The second kappa shape index (κ2) is 6.28. The third kappa shape index (κ3) is 5.05. The molecule has 13 heavy (non-hydrogen) atoms. The fourth-order valence-corrected chi connectivity index (χ4v) is 0.971. The van der Waals surface area contributed by atoms with Crippen molar-refractivity contribution in [2.45, 2.75) is 39.2 Å². The zero-order valence-corrected chi connectivity index (χ0v) is 8.08. The number of carbonyl (C=O) groups is 1. The van der Waals surface area contributed by atoms with Gasteiger partial charge in [-0.2, -0.15) is 0 Å². The number of amides is 1. The van der Waals surface area contributed by atoms with Crippen LogP contribution in [0.5, 0.6) is 0 Å². The van der Waals surface area contributed by atoms with Crippen molar-refractivity contribution in [2.24, 2.45) is 10.9 Å². The van der Waals surface area contributed by atoms with E-state index in [9.17, 15) is 4.79 Å². The normalized spacial score (nSPS) is 11.8. The molecule has 76 valence electrons. The molecule has 1 amide bonds. The van der Waals surface area contributed by atoms with Gasteiger partial charge in [0.25, 0.3) is 0 Å². The Morgan fingerprint density at radius 1 is 1.54 bits per heavy atom. The molecule has 0 spiro atoms. The van der Waals surface area contributed by atoms with E-state index < -0.39 is 0 Å². The lowest BCUT2D eigenvalue weighted by Gasteiger charge is -2.13. The molecule has 0 rings (SSSR count). The summed E-state index contributed by atoms with van der Waals surface area (Å²) in [5, 5.41) is 13.7. The van der Waals surface area contributed by atoms with Gasteiger partial charge in [-0.3, -0.25) is 4.79 Å². The minimum Gasteiger partial charge on any atom is -0.409 e. The molecule has 0 atom stereocenters. The molecule has 0 unspecified atom stereocenters. The summed E-state index contributed by atoms with van der Waals surface area (Å²) in [6.07, 6.45) is 1.73. The van der Waals surface area contributed by atoms with Crippen LogP contribution >= 0.6 is 0 Å². The number of carbonyl (C=O) groups excluding carboxylic acids is 1. The molecule has 0 radical (unpaired) electrons. The Bertz CT molecular complexity index is 188. The summed E-state index contributed by atoms with van der Waals surface area (Å²) in [4.78, 5) is 11.2. The summed E-state index contributed by atoms with van der Waals surface area (Å²) in [7, 11) is 0. The van der Waals surface area contributed by atoms with E-state index >= 15 is 0 Å². The van der Waals surface area contributed by atoms with E-state index in [2.05, 4.69) is 10.5 Å². The van der Waals surface area contributed by atoms with Crippen LogP contribution in [0.3, 0.4) is 0 Å². The minimum absolute atomic E-state index is 0.0486. The van der Waals surface area contributed by atoms with Crippen molar-refractivity contribution in [3.63, 3.8) is 0 Å². The Kier molecular flexibility index (Phi) is 5.67. The lowest BCUT2D eigenvalue weighted by Crippen LogP contribution is -2.36. The van der Waals surface area contributed by atoms with Gasteiger partial charge in [-0.1, -0.05) is 19.0 Å². The van der Waals surface area contributed by atoms with Crippen LogP contribution in [0.2, 0.25) is 0 Å². The molecule has 0 aromatic heterocycles. The third-order valence-electron chi connectivity index (χ3n) is 1.82. The SMILES string of the molecule is CCC(CC)NC(=O)C/C(N)=N/O. The van der Waals surface area contributed by atoms with Crippen LogP contribution in [0.1, 0.15) is 33.1 Å². The first-order valence-corrected chi connectivity index (χ1v) is 4.39. The van der Waals surface area contributed by atoms with Crippen LogP contribution in [-0.4, -0.2) is 23.0 Å². The van der Waals surface area contributed by atoms with Gasteiger partial charge in [0.15, 0.2) is 0 Å². The maximum absolute atomic E-state index is 11.2. The van der Waals surface area contributed by atoms with Crippen molar-refractivity contribution in [3.05, 3.63) is 0 Å². The van der Waals surface area contributed by atoms with E-state index in [1.54, 1.807) is 0 Å². The Labute approximate surface area is 78.0 Å². The van der Waals surface area contributed by atoms with Crippen LogP contribution in [0.25, 0.3) is 0 Å². The van der Waals surface area contributed by atoms with Crippen LogP contribution in [0, 0.1) is 0 Å². The van der Waals surface area contributed by atoms with Crippen molar-refractivity contribution < 1.29 is 10.0 Å². The van der Waals surface area contributed by atoms with Gasteiger partial charge < -0.3 is 16.3 Å². The van der Waals surface area contributed by atoms with Crippen molar-refractivity contribution in [2.75, 3.05) is 0 Å². The Balaban J connectivity index is 3.86. The maximum Gasteiger partial charge on any atom is 0.227 e. The van der Waals surface area contributed by atoms with E-state index in [-0.39, 0.29) is 24.2 Å². The summed E-state index contributed by atoms with van der Waals surface area (Å²) in [5.41, 5.74) is 5.17. The molecular weight excluding hydrogens is 170 g/mol. The Morgan fingerprint density at radius 3 is 2.46 bits per heavy atom. The third-order valence-corrected chi connectivity index (χ3v) is 1.82. The van der Waals surface area contributed by atoms with E-state index in [1.165, 1.54) is 0 Å². The molecule has 5 heteroatoms. The molecule has 5 nitrogen and oxygen atoms in total. The Hall–Kier alpha value is -1.26. The summed E-state index contributed by atoms with van der Waals surface area (Å²) in [6, 6.07) is 0.180. The van der Waals surface area contributed by atoms with E-state index in [1.807, 2.05) is 13.8 Å². The van der Waals surface area contributed by atoms with Crippen molar-refractivity contribution in [3.8, 4) is 0 Å². The summed E-state index contributed by atoms with van der Waals surface area (Å²) < 4.78 is 0. The first-order chi connectivity index (χ1) is 6.13. The second-order valence-corrected chi connectivity index (χ2v) is 2.85. The van der Waals surface area contributed by atoms with Gasteiger partial charge in [0.2, 0.25) is 5.91 Å². The topological polar surface area (TPSA) is 87.7 Å². The molecule has 0 bridgehead atoms. The lowest BCUT2D eigenvalue weighted by atomic mass is 10.1. The van der Waals surface area contributed by atoms with Crippen LogP contribution in [0.15, 0.2) is 5.16 Å². The maximum atomic E-state index is 11.2. The highest BCUT2D eigenvalue weighted by molar-refractivity contribution is 5.98. The van der Waals surface area contributed by atoms with Gasteiger partial charge in [0.05, 0.1) is 6.42 Å². The van der Waals surface area contributed by atoms with Crippen molar-refractivity contribution >= 4 is 11.7 Å². The van der Waals surface area contributed by atoms with Gasteiger partial charge in [-0.15, -0.1) is 0 Å². The molecule has 0 saturated heterocycles. The molecule has 0 aliphatic carbocycles. The van der Waals surface area contributed by atoms with Crippen molar-refractivity contribution in [1.82, 2.24) is 5.32 Å². The standard InChI is InChI=1S/C8H17N3O2/c1-3-6(4-2)10-8(12)5-7(9)11-13/h6,13H,3-5H2,1-2H3,(H2,9,11)(H,10,12). The summed E-state index contributed by atoms with van der Waals surface area (Å²) in [5.74, 6) is -0.271. The zero-order chi connectivity index (χ0) is 10.3. The van der Waals surface area contributed by atoms with E-state index in [0.717, 1.165) is 12.8 Å². The van der Waals surface area contributed by atoms with E-state index in [4.69, 9.17) is 10.9 Å². The highest BCUT2D eigenvalue weighted by Gasteiger charge is 2.09. The molecule has 0 aromatic rings. The number of rotatable bonds is 5. The van der Waals surface area contributed by atoms with Gasteiger partial charge in [-0.25, -0.2) is 0 Å². The van der Waals surface area contributed by atoms with Crippen LogP contribution in [0.4, 0.5) is 0 Å². The number of hydrogen-bond donors (Lipinski definition) is 3. The fourth-order valence-electron chi connectivity index (χ4n) is 0.971. The zero-order valence-electron chi connectivity index (χ0n) is 8.08. The van der Waals surface area contributed by atoms with Gasteiger partial charge in [0, 0.05) is 6.04 Å². The fraction of sp³-hybridized carbons (Fsp3) is 0.750. The first kappa shape index (κ1) is 11.7. The average Bonchev–Trinajstić information content (AvgIpc) is 2.13. The average molecular weight is 187 g/mol. The molecule has 4 N–H and O–H groups in total. The van der Waals surface area contributed by atoms with Gasteiger partial charge >= 0.3 is 0 Å². The predicted molar refractivity (Wildman–Crippen MR) is 50.5 cm³/mol. The molecule has 0 saturated carbocycles. The second-order valence-electron chi connectivity index (χ2n) is 2.85. The number of nitrogens with zero attached hydrogens (tertiary/aromatic N) is 1. The highest BCUT2D eigenvalue weighted by atomic mass is 16.4. The molecule has 0 aliphatic heterocycles. The van der Waals surface area contributed by atoms with Gasteiger partial charge in [-0.05, 0) is 12.8 Å². The van der Waals surface area contributed by atoms with Gasteiger partial charge in [0.1, 0.15) is 5.84 Å². The monoisotopic (exact) mass is 187 g/mol. The number of amidine groups is 1. The van der Waals surface area contributed by atoms with Crippen LogP contribution < -0.4 is 11.1 Å². The first-order valence-electron chi connectivity index (χ1n) is 4.39. The smallest absolute Gasteiger partial charge is 0.227 e. The molecular formula is C8H17N3O2. The highest BCUT2D eigenvalue weighted by Crippen LogP contribution is 1.96. The molecule has 0 aliphatic rings. The van der Waals surface area contributed by atoms with Crippen LogP contribution in [-0.2, 0) is 4.79 Å². The molecule has 0 fully saturated rings. The molecule has 0 aromatic carbocycles. The number of nitrogens with one attached hydrogen (secondary N) is 1. The largest absolute Gasteiger partial charge is 0.409 e. The summed E-state index contributed by atoms with van der Waals surface area (Å²) in [6.45, 7) is 4.00. The minimum atomic E-state index is -0.205. The Morgan fingerprint density at radius 2 is 2.08 bits per heavy atom. The van der Waals surface area contributed by atoms with Crippen molar-refractivity contribution in [1.29, 1.82) is 0 Å². The lowest BCUT2D eigenvalue weighted by molar-refractivity contribution is -0.120. The summed E-state index contributed by atoms with van der Waals surface area (Å²) >= 11 is 0. The number of hydrogen-bond acceptors (Lipinski definition) is 3. The number of nitrogens with two attached hydrogens (primary N) is 1.